The van der Waals surface area contributed by atoms with Crippen molar-refractivity contribution in [3.63, 3.8) is 0 Å². The van der Waals surface area contributed by atoms with Crippen LogP contribution in [0.1, 0.15) is 51.4 Å². The quantitative estimate of drug-likeness (QED) is 0.805. The molecule has 2 atom stereocenters. The first kappa shape index (κ1) is 14.2. The maximum Gasteiger partial charge on any atom is 0.220 e. The largest absolute Gasteiger partial charge is 0.355 e. The Morgan fingerprint density at radius 1 is 1.22 bits per heavy atom. The third-order valence-corrected chi connectivity index (χ3v) is 5.33. The van der Waals surface area contributed by atoms with Crippen LogP contribution in [0, 0.1) is 0 Å². The summed E-state index contributed by atoms with van der Waals surface area (Å²) >= 11 is 2.02. The molecule has 0 bridgehead atoms. The van der Waals surface area contributed by atoms with Crippen LogP contribution >= 0.6 is 11.8 Å². The number of piperidine rings is 1. The Bertz CT molecular complexity index is 224. The monoisotopic (exact) mass is 270 g/mol. The first-order chi connectivity index (χ1) is 8.84. The summed E-state index contributed by atoms with van der Waals surface area (Å²) in [6.45, 7) is 2.01. The molecule has 0 aliphatic carbocycles. The van der Waals surface area contributed by atoms with E-state index < -0.39 is 0 Å². The Hall–Kier alpha value is -0.220. The zero-order chi connectivity index (χ0) is 12.6. The zero-order valence-electron chi connectivity index (χ0n) is 11.2. The molecule has 2 N–H and O–H groups in total. The number of hydrogen-bond acceptors (Lipinski definition) is 3. The van der Waals surface area contributed by atoms with E-state index in [2.05, 4.69) is 10.6 Å². The van der Waals surface area contributed by atoms with Gasteiger partial charge in [0.1, 0.15) is 0 Å². The van der Waals surface area contributed by atoms with Gasteiger partial charge in [-0.25, -0.2) is 0 Å². The molecule has 0 aromatic carbocycles. The van der Waals surface area contributed by atoms with Gasteiger partial charge in [-0.2, -0.15) is 11.8 Å². The van der Waals surface area contributed by atoms with Crippen LogP contribution in [0.3, 0.4) is 0 Å². The Morgan fingerprint density at radius 2 is 2.11 bits per heavy atom. The molecule has 18 heavy (non-hydrogen) atoms. The number of carbonyl (C=O) groups is 1. The van der Waals surface area contributed by atoms with Crippen molar-refractivity contribution in [1.29, 1.82) is 0 Å². The third-order valence-electron chi connectivity index (χ3n) is 3.93. The van der Waals surface area contributed by atoms with Crippen molar-refractivity contribution < 1.29 is 4.79 Å². The zero-order valence-corrected chi connectivity index (χ0v) is 12.1. The number of hydrogen-bond donors (Lipinski definition) is 2. The molecule has 1 amide bonds. The maximum absolute atomic E-state index is 11.8. The Balaban J connectivity index is 1.54. The second kappa shape index (κ2) is 8.05. The van der Waals surface area contributed by atoms with Gasteiger partial charge in [-0.05, 0) is 44.4 Å². The topological polar surface area (TPSA) is 41.1 Å². The van der Waals surface area contributed by atoms with Crippen molar-refractivity contribution in [2.75, 3.05) is 18.8 Å². The standard InChI is InChI=1S/C14H26N2OS/c17-14(8-7-12-5-1-3-9-15-12)16-11-13-6-2-4-10-18-13/h12-13,15H,1-11H2,(H,16,17). The number of amides is 1. The molecule has 0 aromatic heterocycles. The van der Waals surface area contributed by atoms with E-state index >= 15 is 0 Å². The van der Waals surface area contributed by atoms with E-state index in [0.29, 0.717) is 17.7 Å². The molecule has 2 heterocycles. The smallest absolute Gasteiger partial charge is 0.220 e. The van der Waals surface area contributed by atoms with Crippen molar-refractivity contribution in [3.05, 3.63) is 0 Å². The van der Waals surface area contributed by atoms with E-state index in [1.165, 1.54) is 44.3 Å². The summed E-state index contributed by atoms with van der Waals surface area (Å²) < 4.78 is 0. The third kappa shape index (κ3) is 5.19. The van der Waals surface area contributed by atoms with Gasteiger partial charge in [0, 0.05) is 24.3 Å². The lowest BCUT2D eigenvalue weighted by atomic mass is 10.0. The SMILES string of the molecule is O=C(CCC1CCCCN1)NCC1CCCCS1. The fourth-order valence-electron chi connectivity index (χ4n) is 2.76. The van der Waals surface area contributed by atoms with Gasteiger partial charge in [0.15, 0.2) is 0 Å². The average Bonchev–Trinajstić information content (AvgIpc) is 2.45. The number of carbonyl (C=O) groups excluding carboxylic acids is 1. The highest BCUT2D eigenvalue weighted by molar-refractivity contribution is 7.99. The summed E-state index contributed by atoms with van der Waals surface area (Å²) in [5, 5.41) is 7.26. The predicted molar refractivity (Wildman–Crippen MR) is 78.0 cm³/mol. The molecule has 2 unspecified atom stereocenters. The number of thioether (sulfide) groups is 1. The van der Waals surface area contributed by atoms with Crippen LogP contribution in [0.5, 0.6) is 0 Å². The van der Waals surface area contributed by atoms with Gasteiger partial charge in [-0.1, -0.05) is 12.8 Å². The van der Waals surface area contributed by atoms with E-state index in [-0.39, 0.29) is 5.91 Å². The average molecular weight is 270 g/mol. The van der Waals surface area contributed by atoms with Crippen LogP contribution in [0.25, 0.3) is 0 Å². The van der Waals surface area contributed by atoms with Crippen molar-refractivity contribution in [2.24, 2.45) is 0 Å². The molecule has 0 spiro atoms. The minimum Gasteiger partial charge on any atom is -0.355 e. The molecule has 2 fully saturated rings. The minimum atomic E-state index is 0.244. The second-order valence-electron chi connectivity index (χ2n) is 5.48. The molecule has 2 aliphatic rings. The number of nitrogens with one attached hydrogen (secondary N) is 2. The summed E-state index contributed by atoms with van der Waals surface area (Å²) in [4.78, 5) is 11.8. The van der Waals surface area contributed by atoms with Crippen LogP contribution in [-0.2, 0) is 4.79 Å². The molecular weight excluding hydrogens is 244 g/mol. The minimum absolute atomic E-state index is 0.244. The summed E-state index contributed by atoms with van der Waals surface area (Å²) in [6, 6.07) is 0.577. The maximum atomic E-state index is 11.8. The Labute approximate surface area is 115 Å². The van der Waals surface area contributed by atoms with E-state index in [1.807, 2.05) is 11.8 Å². The summed E-state index contributed by atoms with van der Waals surface area (Å²) in [5.74, 6) is 1.51. The van der Waals surface area contributed by atoms with Gasteiger partial charge in [-0.3, -0.25) is 4.79 Å². The van der Waals surface area contributed by atoms with Crippen molar-refractivity contribution in [3.8, 4) is 0 Å². The van der Waals surface area contributed by atoms with E-state index in [9.17, 15) is 4.79 Å². The molecule has 3 nitrogen and oxygen atoms in total. The molecule has 2 aliphatic heterocycles. The molecule has 104 valence electrons. The van der Waals surface area contributed by atoms with Gasteiger partial charge in [0.2, 0.25) is 5.91 Å². The van der Waals surface area contributed by atoms with Crippen LogP contribution in [0.15, 0.2) is 0 Å². The van der Waals surface area contributed by atoms with Crippen LogP contribution in [-0.4, -0.2) is 36.0 Å². The predicted octanol–water partition coefficient (Wildman–Crippen LogP) is 2.31. The van der Waals surface area contributed by atoms with E-state index in [0.717, 1.165) is 19.5 Å². The van der Waals surface area contributed by atoms with E-state index in [1.54, 1.807) is 0 Å². The van der Waals surface area contributed by atoms with Crippen molar-refractivity contribution in [2.45, 2.75) is 62.7 Å². The first-order valence-corrected chi connectivity index (χ1v) is 8.51. The molecule has 2 rings (SSSR count). The van der Waals surface area contributed by atoms with E-state index in [4.69, 9.17) is 0 Å². The van der Waals surface area contributed by atoms with Crippen molar-refractivity contribution >= 4 is 17.7 Å². The lowest BCUT2D eigenvalue weighted by Gasteiger charge is -2.24. The highest BCUT2D eigenvalue weighted by atomic mass is 32.2. The molecule has 2 saturated heterocycles. The molecule has 4 heteroatoms. The van der Waals surface area contributed by atoms with Crippen molar-refractivity contribution in [1.82, 2.24) is 10.6 Å². The van der Waals surface area contributed by atoms with Gasteiger partial charge in [0.05, 0.1) is 0 Å². The fourth-order valence-corrected chi connectivity index (χ4v) is 4.00. The highest BCUT2D eigenvalue weighted by Crippen LogP contribution is 2.24. The molecule has 0 aromatic rings. The highest BCUT2D eigenvalue weighted by Gasteiger charge is 2.16. The Kier molecular flexibility index (Phi) is 6.35. The second-order valence-corrected chi connectivity index (χ2v) is 6.89. The Morgan fingerprint density at radius 3 is 2.83 bits per heavy atom. The normalized spacial score (nSPS) is 28.9. The summed E-state index contributed by atoms with van der Waals surface area (Å²) in [5.41, 5.74) is 0. The first-order valence-electron chi connectivity index (χ1n) is 7.46. The van der Waals surface area contributed by atoms with Crippen LogP contribution < -0.4 is 10.6 Å². The number of rotatable bonds is 5. The lowest BCUT2D eigenvalue weighted by molar-refractivity contribution is -0.121. The van der Waals surface area contributed by atoms with Gasteiger partial charge < -0.3 is 10.6 Å². The molecular formula is C14H26N2OS. The lowest BCUT2D eigenvalue weighted by Crippen LogP contribution is -2.36. The van der Waals surface area contributed by atoms with Gasteiger partial charge in [0.25, 0.3) is 0 Å². The molecule has 0 saturated carbocycles. The fraction of sp³-hybridized carbons (Fsp3) is 0.929. The van der Waals surface area contributed by atoms with Crippen LogP contribution in [0.4, 0.5) is 0 Å². The summed E-state index contributed by atoms with van der Waals surface area (Å²) in [7, 11) is 0. The van der Waals surface area contributed by atoms with Crippen LogP contribution in [0.2, 0.25) is 0 Å². The van der Waals surface area contributed by atoms with Gasteiger partial charge >= 0.3 is 0 Å². The van der Waals surface area contributed by atoms with Gasteiger partial charge in [-0.15, -0.1) is 0 Å². The summed E-state index contributed by atoms with van der Waals surface area (Å²) in [6.07, 6.45) is 9.50. The molecule has 0 radical (unpaired) electrons.